The summed E-state index contributed by atoms with van der Waals surface area (Å²) in [5, 5.41) is 9.01. The summed E-state index contributed by atoms with van der Waals surface area (Å²) in [6, 6.07) is 4.72. The molecule has 2 N–H and O–H groups in total. The summed E-state index contributed by atoms with van der Waals surface area (Å²) < 4.78 is 5.50. The highest BCUT2D eigenvalue weighted by molar-refractivity contribution is 7.10. The van der Waals surface area contributed by atoms with Crippen molar-refractivity contribution >= 4 is 17.3 Å². The molecule has 3 rings (SSSR count). The molecule has 2 fully saturated rings. The lowest BCUT2D eigenvalue weighted by molar-refractivity contribution is 0.0186. The second-order valence-electron chi connectivity index (χ2n) is 6.22. The fourth-order valence-corrected chi connectivity index (χ4v) is 3.69. The Labute approximate surface area is 143 Å². The van der Waals surface area contributed by atoms with Crippen molar-refractivity contribution in [1.82, 2.24) is 15.5 Å². The van der Waals surface area contributed by atoms with Crippen LogP contribution in [0.4, 0.5) is 0 Å². The van der Waals surface area contributed by atoms with Gasteiger partial charge >= 0.3 is 0 Å². The largest absolute Gasteiger partial charge is 0.379 e. The van der Waals surface area contributed by atoms with Gasteiger partial charge in [-0.2, -0.15) is 0 Å². The molecule has 2 heterocycles. The minimum Gasteiger partial charge on any atom is -0.379 e. The Morgan fingerprint density at radius 2 is 2.22 bits per heavy atom. The molecular formula is C17H28N4OS. The van der Waals surface area contributed by atoms with Gasteiger partial charge in [-0.25, -0.2) is 0 Å². The molecule has 1 aliphatic heterocycles. The number of hydrogen-bond donors (Lipinski definition) is 2. The molecule has 1 aromatic heterocycles. The van der Waals surface area contributed by atoms with Crippen LogP contribution in [-0.4, -0.2) is 56.8 Å². The van der Waals surface area contributed by atoms with Crippen molar-refractivity contribution in [3.8, 4) is 0 Å². The molecule has 0 spiro atoms. The number of aliphatic imine (C=N–C) groups is 1. The molecule has 1 aliphatic carbocycles. The van der Waals surface area contributed by atoms with E-state index in [9.17, 15) is 0 Å². The molecule has 128 valence electrons. The molecule has 2 aliphatic rings. The average molecular weight is 337 g/mol. The molecule has 0 amide bonds. The van der Waals surface area contributed by atoms with Gasteiger partial charge in [0, 0.05) is 31.1 Å². The molecule has 1 saturated carbocycles. The number of nitrogens with zero attached hydrogens (tertiary/aromatic N) is 2. The maximum atomic E-state index is 5.50. The average Bonchev–Trinajstić information content (AvgIpc) is 3.26. The van der Waals surface area contributed by atoms with E-state index in [1.807, 2.05) is 11.3 Å². The predicted octanol–water partition coefficient (Wildman–Crippen LogP) is 2.09. The van der Waals surface area contributed by atoms with Crippen LogP contribution in [0, 0.1) is 5.92 Å². The molecule has 1 unspecified atom stereocenters. The molecule has 0 bridgehead atoms. The molecule has 0 aromatic carbocycles. The number of morpholine rings is 1. The van der Waals surface area contributed by atoms with Crippen molar-refractivity contribution in [1.29, 1.82) is 0 Å². The third-order valence-corrected chi connectivity index (χ3v) is 5.35. The molecular weight excluding hydrogens is 308 g/mol. The first kappa shape index (κ1) is 16.7. The van der Waals surface area contributed by atoms with E-state index in [0.717, 1.165) is 57.8 Å². The summed E-state index contributed by atoms with van der Waals surface area (Å²) >= 11 is 1.83. The highest BCUT2D eigenvalue weighted by Gasteiger charge is 2.24. The van der Waals surface area contributed by atoms with Gasteiger partial charge in [0.1, 0.15) is 0 Å². The Morgan fingerprint density at radius 1 is 1.39 bits per heavy atom. The lowest BCUT2D eigenvalue weighted by Crippen LogP contribution is -2.42. The zero-order valence-electron chi connectivity index (χ0n) is 14.0. The van der Waals surface area contributed by atoms with E-state index in [0.29, 0.717) is 6.04 Å². The van der Waals surface area contributed by atoms with Crippen LogP contribution in [0.5, 0.6) is 0 Å². The number of hydrogen-bond acceptors (Lipinski definition) is 4. The van der Waals surface area contributed by atoms with Gasteiger partial charge < -0.3 is 15.4 Å². The number of ether oxygens (including phenoxy) is 1. The quantitative estimate of drug-likeness (QED) is 0.591. The Bertz CT molecular complexity index is 481. The summed E-state index contributed by atoms with van der Waals surface area (Å²) in [5.74, 6) is 1.81. The SMILES string of the molecule is CCNC(=NCC(c1cccs1)N1CCOCC1)NCC1CC1. The van der Waals surface area contributed by atoms with Crippen molar-refractivity contribution in [3.63, 3.8) is 0 Å². The van der Waals surface area contributed by atoms with E-state index < -0.39 is 0 Å². The summed E-state index contributed by atoms with van der Waals surface area (Å²) in [6.45, 7) is 8.49. The molecule has 0 radical (unpaired) electrons. The standard InChI is InChI=1S/C17H28N4OS/c1-2-18-17(19-12-14-5-6-14)20-13-15(16-4-3-11-23-16)21-7-9-22-10-8-21/h3-4,11,14-15H,2,5-10,12-13H2,1H3,(H2,18,19,20). The molecule has 1 aromatic rings. The van der Waals surface area contributed by atoms with E-state index in [1.54, 1.807) is 0 Å². The van der Waals surface area contributed by atoms with Gasteiger partial charge in [0.05, 0.1) is 25.8 Å². The number of guanidine groups is 1. The van der Waals surface area contributed by atoms with Crippen LogP contribution in [0.25, 0.3) is 0 Å². The van der Waals surface area contributed by atoms with Crippen LogP contribution in [0.1, 0.15) is 30.7 Å². The van der Waals surface area contributed by atoms with Gasteiger partial charge in [-0.05, 0) is 37.1 Å². The second-order valence-corrected chi connectivity index (χ2v) is 7.20. The maximum absolute atomic E-state index is 5.50. The van der Waals surface area contributed by atoms with Crippen molar-refractivity contribution in [2.75, 3.05) is 45.9 Å². The number of thiophene rings is 1. The van der Waals surface area contributed by atoms with Gasteiger partial charge in [0.2, 0.25) is 0 Å². The van der Waals surface area contributed by atoms with Crippen molar-refractivity contribution < 1.29 is 4.74 Å². The van der Waals surface area contributed by atoms with Gasteiger partial charge in [0.15, 0.2) is 5.96 Å². The third kappa shape index (κ3) is 5.19. The van der Waals surface area contributed by atoms with E-state index in [1.165, 1.54) is 17.7 Å². The Balaban J connectivity index is 1.64. The molecule has 1 atom stereocenters. The fourth-order valence-electron chi connectivity index (χ4n) is 2.84. The zero-order chi connectivity index (χ0) is 15.9. The summed E-state index contributed by atoms with van der Waals surface area (Å²) in [6.07, 6.45) is 2.72. The van der Waals surface area contributed by atoms with E-state index in [-0.39, 0.29) is 0 Å². The third-order valence-electron chi connectivity index (χ3n) is 4.38. The first-order valence-electron chi connectivity index (χ1n) is 8.74. The zero-order valence-corrected chi connectivity index (χ0v) is 14.8. The Morgan fingerprint density at radius 3 is 2.87 bits per heavy atom. The highest BCUT2D eigenvalue weighted by atomic mass is 32.1. The van der Waals surface area contributed by atoms with Gasteiger partial charge in [0.25, 0.3) is 0 Å². The summed E-state index contributed by atoms with van der Waals surface area (Å²) in [7, 11) is 0. The second kappa shape index (κ2) is 8.66. The van der Waals surface area contributed by atoms with Gasteiger partial charge in [-0.3, -0.25) is 9.89 Å². The molecule has 5 nitrogen and oxygen atoms in total. The van der Waals surface area contributed by atoms with Crippen LogP contribution < -0.4 is 10.6 Å². The van der Waals surface area contributed by atoms with Crippen molar-refractivity contribution in [3.05, 3.63) is 22.4 Å². The lowest BCUT2D eigenvalue weighted by atomic mass is 10.2. The van der Waals surface area contributed by atoms with Crippen molar-refractivity contribution in [2.24, 2.45) is 10.9 Å². The van der Waals surface area contributed by atoms with E-state index in [4.69, 9.17) is 9.73 Å². The highest BCUT2D eigenvalue weighted by Crippen LogP contribution is 2.28. The first-order valence-corrected chi connectivity index (χ1v) is 9.62. The number of nitrogens with one attached hydrogen (secondary N) is 2. The molecule has 6 heteroatoms. The van der Waals surface area contributed by atoms with Crippen molar-refractivity contribution in [2.45, 2.75) is 25.8 Å². The fraction of sp³-hybridized carbons (Fsp3) is 0.706. The van der Waals surface area contributed by atoms with Gasteiger partial charge in [-0.1, -0.05) is 6.07 Å². The maximum Gasteiger partial charge on any atom is 0.191 e. The molecule has 1 saturated heterocycles. The smallest absolute Gasteiger partial charge is 0.191 e. The molecule has 23 heavy (non-hydrogen) atoms. The predicted molar refractivity (Wildman–Crippen MR) is 96.2 cm³/mol. The minimum atomic E-state index is 0.357. The normalized spacial score (nSPS) is 21.2. The summed E-state index contributed by atoms with van der Waals surface area (Å²) in [4.78, 5) is 8.76. The van der Waals surface area contributed by atoms with Gasteiger partial charge in [-0.15, -0.1) is 11.3 Å². The first-order chi connectivity index (χ1) is 11.4. The van der Waals surface area contributed by atoms with E-state index in [2.05, 4.69) is 40.0 Å². The minimum absolute atomic E-state index is 0.357. The van der Waals surface area contributed by atoms with Crippen LogP contribution in [0.2, 0.25) is 0 Å². The van der Waals surface area contributed by atoms with Crippen LogP contribution >= 0.6 is 11.3 Å². The monoisotopic (exact) mass is 336 g/mol. The van der Waals surface area contributed by atoms with Crippen LogP contribution in [-0.2, 0) is 4.74 Å². The van der Waals surface area contributed by atoms with Crippen LogP contribution in [0.15, 0.2) is 22.5 Å². The Hall–Kier alpha value is -1.11. The topological polar surface area (TPSA) is 48.9 Å². The Kier molecular flexibility index (Phi) is 6.30. The van der Waals surface area contributed by atoms with E-state index >= 15 is 0 Å². The summed E-state index contributed by atoms with van der Waals surface area (Å²) in [5.41, 5.74) is 0. The number of rotatable bonds is 7. The lowest BCUT2D eigenvalue weighted by Gasteiger charge is -2.33. The van der Waals surface area contributed by atoms with Crippen LogP contribution in [0.3, 0.4) is 0 Å².